The zero-order valence-corrected chi connectivity index (χ0v) is 32.1. The largest absolute Gasteiger partial charge is 0.394 e. The normalized spacial score (nSPS) is 22.5. The number of amides is 1. The van der Waals surface area contributed by atoms with Crippen LogP contribution >= 0.6 is 0 Å². The van der Waals surface area contributed by atoms with E-state index in [0.29, 0.717) is 6.42 Å². The zero-order chi connectivity index (χ0) is 37.4. The summed E-state index contributed by atoms with van der Waals surface area (Å²) in [6, 6.07) is -0.823. The minimum Gasteiger partial charge on any atom is -0.394 e. The Labute approximate surface area is 310 Å². The van der Waals surface area contributed by atoms with E-state index in [-0.39, 0.29) is 12.5 Å². The number of carbonyl (C=O) groups is 1. The molecule has 1 aliphatic rings. The SMILES string of the molecule is CCCCC/C=C\C/C=C\CCCCCCCCCC(=O)NC(COC1OC(CO)C(O)C(O)C1O)C(O)/C=C/CC/C=C/CCCCCCC. The highest BCUT2D eigenvalue weighted by atomic mass is 16.7. The van der Waals surface area contributed by atoms with Crippen LogP contribution in [0.25, 0.3) is 0 Å². The van der Waals surface area contributed by atoms with Crippen molar-refractivity contribution in [2.24, 2.45) is 0 Å². The Kier molecular flexibility index (Phi) is 30.3. The Hall–Kier alpha value is -1.85. The van der Waals surface area contributed by atoms with Gasteiger partial charge in [0, 0.05) is 6.42 Å². The first kappa shape index (κ1) is 47.2. The van der Waals surface area contributed by atoms with Crippen LogP contribution in [0.2, 0.25) is 0 Å². The molecule has 1 heterocycles. The van der Waals surface area contributed by atoms with Crippen molar-refractivity contribution in [2.45, 2.75) is 198 Å². The first-order chi connectivity index (χ1) is 24.8. The van der Waals surface area contributed by atoms with Crippen molar-refractivity contribution in [3.63, 3.8) is 0 Å². The number of rotatable bonds is 32. The fourth-order valence-corrected chi connectivity index (χ4v) is 6.02. The van der Waals surface area contributed by atoms with Crippen LogP contribution in [0.4, 0.5) is 0 Å². The number of unbranched alkanes of at least 4 members (excludes halogenated alkanes) is 16. The minimum atomic E-state index is -1.57. The Morgan fingerprint density at radius 1 is 0.667 bits per heavy atom. The lowest BCUT2D eigenvalue weighted by molar-refractivity contribution is -0.302. The summed E-state index contributed by atoms with van der Waals surface area (Å²) in [5, 5.41) is 53.9. The van der Waals surface area contributed by atoms with Crippen molar-refractivity contribution in [1.82, 2.24) is 5.32 Å². The average Bonchev–Trinajstić information content (AvgIpc) is 3.13. The highest BCUT2D eigenvalue weighted by molar-refractivity contribution is 5.76. The van der Waals surface area contributed by atoms with E-state index >= 15 is 0 Å². The van der Waals surface area contributed by atoms with Gasteiger partial charge in [-0.2, -0.15) is 0 Å². The molecule has 0 bridgehead atoms. The average molecular weight is 722 g/mol. The molecule has 1 saturated heterocycles. The van der Waals surface area contributed by atoms with Gasteiger partial charge in [-0.15, -0.1) is 0 Å². The second-order valence-electron chi connectivity index (χ2n) is 14.1. The number of nitrogens with one attached hydrogen (secondary N) is 1. The second kappa shape index (κ2) is 32.8. The van der Waals surface area contributed by atoms with Gasteiger partial charge in [0.25, 0.3) is 0 Å². The molecule has 0 aromatic rings. The summed E-state index contributed by atoms with van der Waals surface area (Å²) < 4.78 is 11.1. The molecule has 0 spiro atoms. The Bertz CT molecular complexity index is 936. The van der Waals surface area contributed by atoms with Crippen molar-refractivity contribution in [2.75, 3.05) is 13.2 Å². The molecule has 9 heteroatoms. The molecule has 1 amide bonds. The van der Waals surface area contributed by atoms with Gasteiger partial charge in [0.2, 0.25) is 5.91 Å². The van der Waals surface area contributed by atoms with E-state index in [2.05, 4.69) is 55.6 Å². The number of ether oxygens (including phenoxy) is 2. The van der Waals surface area contributed by atoms with E-state index in [9.17, 15) is 30.3 Å². The summed E-state index contributed by atoms with van der Waals surface area (Å²) in [4.78, 5) is 12.9. The maximum absolute atomic E-state index is 12.9. The Balaban J connectivity index is 2.43. The van der Waals surface area contributed by atoms with Gasteiger partial charge in [-0.05, 0) is 64.2 Å². The number of aliphatic hydroxyl groups is 5. The van der Waals surface area contributed by atoms with Gasteiger partial charge in [-0.3, -0.25) is 4.79 Å². The minimum absolute atomic E-state index is 0.200. The van der Waals surface area contributed by atoms with Gasteiger partial charge in [0.1, 0.15) is 24.4 Å². The third kappa shape index (κ3) is 24.2. The van der Waals surface area contributed by atoms with Crippen LogP contribution in [0, 0.1) is 0 Å². The van der Waals surface area contributed by atoms with E-state index in [4.69, 9.17) is 9.47 Å². The smallest absolute Gasteiger partial charge is 0.220 e. The molecule has 0 aromatic carbocycles. The molecule has 0 aliphatic carbocycles. The molecule has 1 rings (SSSR count). The van der Waals surface area contributed by atoms with Gasteiger partial charge >= 0.3 is 0 Å². The predicted molar refractivity (Wildman–Crippen MR) is 207 cm³/mol. The predicted octanol–water partition coefficient (Wildman–Crippen LogP) is 7.50. The van der Waals surface area contributed by atoms with Crippen LogP contribution in [-0.2, 0) is 14.3 Å². The van der Waals surface area contributed by atoms with Crippen molar-refractivity contribution >= 4 is 5.91 Å². The van der Waals surface area contributed by atoms with Gasteiger partial charge in [-0.25, -0.2) is 0 Å². The summed E-state index contributed by atoms with van der Waals surface area (Å²) in [5.74, 6) is -0.200. The van der Waals surface area contributed by atoms with Gasteiger partial charge in [-0.1, -0.05) is 133 Å². The topological polar surface area (TPSA) is 149 Å². The molecule has 1 fully saturated rings. The molecule has 7 atom stereocenters. The van der Waals surface area contributed by atoms with Crippen LogP contribution in [0.3, 0.4) is 0 Å². The van der Waals surface area contributed by atoms with Crippen LogP contribution < -0.4 is 5.32 Å². The van der Waals surface area contributed by atoms with Crippen LogP contribution in [0.15, 0.2) is 48.6 Å². The van der Waals surface area contributed by atoms with E-state index in [1.165, 1.54) is 77.0 Å². The number of carbonyl (C=O) groups excluding carboxylic acids is 1. The van der Waals surface area contributed by atoms with Crippen molar-refractivity contribution < 1.29 is 39.8 Å². The standard InChI is InChI=1S/C42H75NO8/c1-3-5-7-9-11-13-15-16-17-18-19-20-22-24-26-28-30-32-38(46)43-35(34-50-42-41(49)40(48)39(47)37(33-44)51-42)36(45)31-29-27-25-23-21-14-12-10-8-6-4-2/h11,13,16-17,21,23,29,31,35-37,39-42,44-45,47-49H,3-10,12,14-15,18-20,22,24-28,30,32-34H2,1-2H3,(H,43,46)/b13-11-,17-16-,23-21+,31-29+. The molecule has 1 aliphatic heterocycles. The van der Waals surface area contributed by atoms with E-state index in [1.54, 1.807) is 6.08 Å². The summed E-state index contributed by atoms with van der Waals surface area (Å²) in [5.41, 5.74) is 0. The Morgan fingerprint density at radius 3 is 1.80 bits per heavy atom. The van der Waals surface area contributed by atoms with Crippen LogP contribution in [0.5, 0.6) is 0 Å². The quantitative estimate of drug-likeness (QED) is 0.0309. The molecular weight excluding hydrogens is 646 g/mol. The molecule has 0 radical (unpaired) electrons. The van der Waals surface area contributed by atoms with Crippen molar-refractivity contribution in [3.8, 4) is 0 Å². The first-order valence-electron chi connectivity index (χ1n) is 20.4. The molecule has 51 heavy (non-hydrogen) atoms. The molecule has 7 unspecified atom stereocenters. The summed E-state index contributed by atoms with van der Waals surface area (Å²) in [6.45, 7) is 3.67. The number of hydrogen-bond acceptors (Lipinski definition) is 8. The maximum Gasteiger partial charge on any atom is 0.220 e. The van der Waals surface area contributed by atoms with E-state index in [0.717, 1.165) is 57.8 Å². The van der Waals surface area contributed by atoms with Gasteiger partial charge in [0.05, 0.1) is 25.4 Å². The zero-order valence-electron chi connectivity index (χ0n) is 32.1. The summed E-state index contributed by atoms with van der Waals surface area (Å²) in [6.07, 6.45) is 32.9. The number of hydrogen-bond donors (Lipinski definition) is 6. The highest BCUT2D eigenvalue weighted by Gasteiger charge is 2.44. The van der Waals surface area contributed by atoms with Crippen LogP contribution in [-0.4, -0.2) is 87.5 Å². The van der Waals surface area contributed by atoms with Crippen molar-refractivity contribution in [1.29, 1.82) is 0 Å². The lowest BCUT2D eigenvalue weighted by Crippen LogP contribution is -2.60. The lowest BCUT2D eigenvalue weighted by atomic mass is 9.99. The summed E-state index contributed by atoms with van der Waals surface area (Å²) >= 11 is 0. The van der Waals surface area contributed by atoms with Crippen LogP contribution in [0.1, 0.15) is 155 Å². The fourth-order valence-electron chi connectivity index (χ4n) is 6.02. The van der Waals surface area contributed by atoms with E-state index in [1.807, 2.05) is 6.08 Å². The van der Waals surface area contributed by atoms with Gasteiger partial charge in [0.15, 0.2) is 6.29 Å². The fraction of sp³-hybridized carbons (Fsp3) is 0.786. The third-order valence-corrected chi connectivity index (χ3v) is 9.38. The lowest BCUT2D eigenvalue weighted by Gasteiger charge is -2.40. The molecule has 9 nitrogen and oxygen atoms in total. The van der Waals surface area contributed by atoms with E-state index < -0.39 is 49.5 Å². The molecule has 6 N–H and O–H groups in total. The number of aliphatic hydroxyl groups excluding tert-OH is 5. The third-order valence-electron chi connectivity index (χ3n) is 9.38. The molecule has 296 valence electrons. The highest BCUT2D eigenvalue weighted by Crippen LogP contribution is 2.22. The summed E-state index contributed by atoms with van der Waals surface area (Å²) in [7, 11) is 0. The monoisotopic (exact) mass is 722 g/mol. The maximum atomic E-state index is 12.9. The molecule has 0 aromatic heterocycles. The number of allylic oxidation sites excluding steroid dienone is 7. The van der Waals surface area contributed by atoms with Crippen molar-refractivity contribution in [3.05, 3.63) is 48.6 Å². The molecule has 0 saturated carbocycles. The Morgan fingerprint density at radius 2 is 1.18 bits per heavy atom. The first-order valence-corrected chi connectivity index (χ1v) is 20.4. The molecular formula is C42H75NO8. The van der Waals surface area contributed by atoms with Gasteiger partial charge < -0.3 is 40.3 Å². The second-order valence-corrected chi connectivity index (χ2v) is 14.1.